The number of carbonyl (C=O) groups excluding carboxylic acids is 1. The van der Waals surface area contributed by atoms with Crippen molar-refractivity contribution in [2.75, 3.05) is 26.5 Å². The summed E-state index contributed by atoms with van der Waals surface area (Å²) in [7, 11) is 3.54. The maximum absolute atomic E-state index is 11.1. The van der Waals surface area contributed by atoms with Gasteiger partial charge in [0.25, 0.3) is 0 Å². The van der Waals surface area contributed by atoms with Crippen molar-refractivity contribution in [2.24, 2.45) is 0 Å². The lowest BCUT2D eigenvalue weighted by atomic mass is 10.3. The summed E-state index contributed by atoms with van der Waals surface area (Å²) in [6, 6.07) is 0. The largest absolute Gasteiger partial charge is 0.395 e. The number of hydrogen-bond donors (Lipinski definition) is 1. The van der Waals surface area contributed by atoms with Crippen molar-refractivity contribution < 1.29 is 9.90 Å². The Labute approximate surface area is 84.5 Å². The summed E-state index contributed by atoms with van der Waals surface area (Å²) >= 11 is 1.71. The number of aliphatic hydroxyl groups excluding tert-OH is 1. The Hall–Kier alpha value is -0.220. The molecule has 13 heavy (non-hydrogen) atoms. The highest BCUT2D eigenvalue weighted by molar-refractivity contribution is 7.99. The Balaban J connectivity index is 3.31. The van der Waals surface area contributed by atoms with Crippen LogP contribution in [0.3, 0.4) is 0 Å². The second kappa shape index (κ2) is 7.21. The van der Waals surface area contributed by atoms with E-state index in [9.17, 15) is 4.79 Å². The number of thioether (sulfide) groups is 1. The van der Waals surface area contributed by atoms with Gasteiger partial charge in [-0.2, -0.15) is 11.8 Å². The van der Waals surface area contributed by atoms with Crippen molar-refractivity contribution in [1.82, 2.24) is 4.90 Å². The van der Waals surface area contributed by atoms with E-state index in [1.807, 2.05) is 6.92 Å². The van der Waals surface area contributed by atoms with Gasteiger partial charge in [0, 0.05) is 25.8 Å². The van der Waals surface area contributed by atoms with E-state index in [0.717, 1.165) is 12.2 Å². The average Bonchev–Trinajstić information content (AvgIpc) is 2.11. The molecule has 1 atom stereocenters. The molecule has 0 aliphatic rings. The van der Waals surface area contributed by atoms with Crippen LogP contribution in [0.1, 0.15) is 19.8 Å². The third-order valence-electron chi connectivity index (χ3n) is 1.69. The Bertz CT molecular complexity index is 151. The first-order valence-electron chi connectivity index (χ1n) is 4.50. The molecule has 78 valence electrons. The summed E-state index contributed by atoms with van der Waals surface area (Å²) in [5.74, 6) is 1.12. The molecule has 0 rings (SSSR count). The first kappa shape index (κ1) is 12.8. The van der Waals surface area contributed by atoms with Crippen LogP contribution in [-0.4, -0.2) is 47.6 Å². The third kappa shape index (κ3) is 6.90. The van der Waals surface area contributed by atoms with Crippen LogP contribution in [0, 0.1) is 0 Å². The van der Waals surface area contributed by atoms with Gasteiger partial charge in [-0.1, -0.05) is 6.92 Å². The van der Waals surface area contributed by atoms with Gasteiger partial charge < -0.3 is 10.0 Å². The maximum Gasteiger partial charge on any atom is 0.222 e. The highest BCUT2D eigenvalue weighted by atomic mass is 32.2. The zero-order valence-corrected chi connectivity index (χ0v) is 9.43. The van der Waals surface area contributed by atoms with Crippen molar-refractivity contribution in [2.45, 2.75) is 25.0 Å². The molecule has 0 heterocycles. The summed E-state index contributed by atoms with van der Waals surface area (Å²) in [4.78, 5) is 12.7. The van der Waals surface area contributed by atoms with Crippen LogP contribution < -0.4 is 0 Å². The maximum atomic E-state index is 11.1. The fourth-order valence-electron chi connectivity index (χ4n) is 0.784. The van der Waals surface area contributed by atoms with E-state index in [2.05, 4.69) is 0 Å². The van der Waals surface area contributed by atoms with E-state index in [1.54, 1.807) is 30.8 Å². The molecule has 3 nitrogen and oxygen atoms in total. The van der Waals surface area contributed by atoms with Crippen LogP contribution >= 0.6 is 11.8 Å². The average molecular weight is 205 g/mol. The highest BCUT2D eigenvalue weighted by Gasteiger charge is 2.04. The SMILES string of the molecule is CC(CO)SCCCC(=O)N(C)C. The Kier molecular flexibility index (Phi) is 7.09. The Morgan fingerprint density at radius 3 is 2.62 bits per heavy atom. The van der Waals surface area contributed by atoms with Crippen LogP contribution in [-0.2, 0) is 4.79 Å². The number of hydrogen-bond acceptors (Lipinski definition) is 3. The predicted octanol–water partition coefficient (Wildman–Crippen LogP) is 0.969. The highest BCUT2D eigenvalue weighted by Crippen LogP contribution is 2.11. The predicted molar refractivity (Wildman–Crippen MR) is 56.9 cm³/mol. The monoisotopic (exact) mass is 205 g/mol. The molecule has 1 N–H and O–H groups in total. The van der Waals surface area contributed by atoms with Crippen molar-refractivity contribution in [3.05, 3.63) is 0 Å². The third-order valence-corrected chi connectivity index (χ3v) is 2.94. The number of nitrogens with zero attached hydrogens (tertiary/aromatic N) is 1. The molecule has 0 saturated carbocycles. The number of carbonyl (C=O) groups is 1. The minimum atomic E-state index is 0.178. The molecule has 0 fully saturated rings. The van der Waals surface area contributed by atoms with Gasteiger partial charge in [-0.3, -0.25) is 4.79 Å². The van der Waals surface area contributed by atoms with Crippen molar-refractivity contribution in [3.8, 4) is 0 Å². The minimum absolute atomic E-state index is 0.178. The summed E-state index contributed by atoms with van der Waals surface area (Å²) in [5.41, 5.74) is 0. The first-order chi connectivity index (χ1) is 6.07. The summed E-state index contributed by atoms with van der Waals surface area (Å²) in [6.07, 6.45) is 1.50. The lowest BCUT2D eigenvalue weighted by Gasteiger charge is -2.10. The summed E-state index contributed by atoms with van der Waals surface area (Å²) in [6.45, 7) is 2.20. The van der Waals surface area contributed by atoms with E-state index in [0.29, 0.717) is 6.42 Å². The van der Waals surface area contributed by atoms with Crippen LogP contribution in [0.15, 0.2) is 0 Å². The molecule has 1 unspecified atom stereocenters. The molecule has 1 amide bonds. The van der Waals surface area contributed by atoms with Gasteiger partial charge in [0.2, 0.25) is 5.91 Å². The summed E-state index contributed by atoms with van der Waals surface area (Å²) < 4.78 is 0. The van der Waals surface area contributed by atoms with Crippen molar-refractivity contribution in [1.29, 1.82) is 0 Å². The van der Waals surface area contributed by atoms with Crippen LogP contribution in [0.5, 0.6) is 0 Å². The Morgan fingerprint density at radius 1 is 1.54 bits per heavy atom. The standard InChI is InChI=1S/C9H19NO2S/c1-8(7-11)13-6-4-5-9(12)10(2)3/h8,11H,4-7H2,1-3H3. The molecule has 0 aromatic heterocycles. The number of rotatable bonds is 6. The Morgan fingerprint density at radius 2 is 2.15 bits per heavy atom. The smallest absolute Gasteiger partial charge is 0.222 e. The van der Waals surface area contributed by atoms with E-state index in [4.69, 9.17) is 5.11 Å². The first-order valence-corrected chi connectivity index (χ1v) is 5.55. The molecular weight excluding hydrogens is 186 g/mol. The van der Waals surface area contributed by atoms with Crippen LogP contribution in [0.4, 0.5) is 0 Å². The summed E-state index contributed by atoms with van der Waals surface area (Å²) in [5, 5.41) is 9.02. The molecule has 0 saturated heterocycles. The molecule has 0 aliphatic heterocycles. The molecule has 0 aliphatic carbocycles. The van der Waals surface area contributed by atoms with E-state index < -0.39 is 0 Å². The molecule has 4 heteroatoms. The second-order valence-electron chi connectivity index (χ2n) is 3.26. The second-order valence-corrected chi connectivity index (χ2v) is 4.80. The van der Waals surface area contributed by atoms with Crippen LogP contribution in [0.25, 0.3) is 0 Å². The fourth-order valence-corrected chi connectivity index (χ4v) is 1.60. The zero-order chi connectivity index (χ0) is 10.3. The van der Waals surface area contributed by atoms with Gasteiger partial charge in [0.15, 0.2) is 0 Å². The van der Waals surface area contributed by atoms with E-state index >= 15 is 0 Å². The van der Waals surface area contributed by atoms with Gasteiger partial charge in [-0.25, -0.2) is 0 Å². The van der Waals surface area contributed by atoms with Crippen molar-refractivity contribution in [3.63, 3.8) is 0 Å². The normalized spacial score (nSPS) is 12.6. The van der Waals surface area contributed by atoms with Gasteiger partial charge in [0.05, 0.1) is 6.61 Å². The van der Waals surface area contributed by atoms with E-state index in [-0.39, 0.29) is 17.8 Å². The zero-order valence-electron chi connectivity index (χ0n) is 8.62. The lowest BCUT2D eigenvalue weighted by Crippen LogP contribution is -2.21. The topological polar surface area (TPSA) is 40.5 Å². The van der Waals surface area contributed by atoms with Gasteiger partial charge in [-0.05, 0) is 12.2 Å². The van der Waals surface area contributed by atoms with Gasteiger partial charge in [0.1, 0.15) is 0 Å². The van der Waals surface area contributed by atoms with Crippen molar-refractivity contribution >= 4 is 17.7 Å². The minimum Gasteiger partial charge on any atom is -0.395 e. The quantitative estimate of drug-likeness (QED) is 0.657. The lowest BCUT2D eigenvalue weighted by molar-refractivity contribution is -0.128. The van der Waals surface area contributed by atoms with Crippen LogP contribution in [0.2, 0.25) is 0 Å². The number of amides is 1. The fraction of sp³-hybridized carbons (Fsp3) is 0.889. The van der Waals surface area contributed by atoms with Gasteiger partial charge >= 0.3 is 0 Å². The van der Waals surface area contributed by atoms with E-state index in [1.165, 1.54) is 0 Å². The molecule has 0 aromatic carbocycles. The number of aliphatic hydroxyl groups is 1. The van der Waals surface area contributed by atoms with Gasteiger partial charge in [-0.15, -0.1) is 0 Å². The molecule has 0 bridgehead atoms. The molecule has 0 radical (unpaired) electrons. The molecule has 0 aromatic rings. The molecular formula is C9H19NO2S. The molecule has 0 spiro atoms.